The van der Waals surface area contributed by atoms with Gasteiger partial charge in [0.2, 0.25) is 0 Å². The molecule has 0 spiro atoms. The molecule has 0 fully saturated rings. The first-order valence-electron chi connectivity index (χ1n) is 6.65. The molecule has 0 radical (unpaired) electrons. The molecule has 2 N–H and O–H groups in total. The van der Waals surface area contributed by atoms with E-state index >= 15 is 0 Å². The minimum atomic E-state index is -4.67. The second kappa shape index (κ2) is 10.1. The molecule has 1 aliphatic rings. The standard InChI is InChI=1S/C12H24N2.H2O4S/c1-3-4-5-6-7-8-9-14-11-10-13(2)12-14;1-5(2,3)4/h10-11H,3-9,12H2,1-2H3;(H2,1,2,3,4). The molecule has 6 nitrogen and oxygen atoms in total. The number of hydrogen-bond acceptors (Lipinski definition) is 4. The zero-order valence-corrected chi connectivity index (χ0v) is 12.6. The van der Waals surface area contributed by atoms with Gasteiger partial charge in [0.15, 0.2) is 0 Å². The first kappa shape index (κ1) is 18.2. The summed E-state index contributed by atoms with van der Waals surface area (Å²) in [6, 6.07) is 0. The van der Waals surface area contributed by atoms with Crippen LogP contribution in [0.25, 0.3) is 0 Å². The Labute approximate surface area is 116 Å². The van der Waals surface area contributed by atoms with Gasteiger partial charge < -0.3 is 9.80 Å². The molecule has 1 heterocycles. The van der Waals surface area contributed by atoms with Crippen molar-refractivity contribution >= 4 is 10.4 Å². The monoisotopic (exact) mass is 294 g/mol. The average molecular weight is 294 g/mol. The largest absolute Gasteiger partial charge is 0.394 e. The highest BCUT2D eigenvalue weighted by molar-refractivity contribution is 7.79. The molecule has 0 atom stereocenters. The molecule has 0 aromatic heterocycles. The first-order chi connectivity index (χ1) is 8.83. The first-order valence-corrected chi connectivity index (χ1v) is 8.05. The third kappa shape index (κ3) is 15.2. The van der Waals surface area contributed by atoms with Crippen molar-refractivity contribution in [2.45, 2.75) is 45.4 Å². The van der Waals surface area contributed by atoms with Gasteiger partial charge in [-0.15, -0.1) is 0 Å². The Morgan fingerprint density at radius 1 is 1.05 bits per heavy atom. The van der Waals surface area contributed by atoms with E-state index in [0.717, 1.165) is 6.67 Å². The summed E-state index contributed by atoms with van der Waals surface area (Å²) < 4.78 is 31.6. The molecule has 0 saturated heterocycles. The van der Waals surface area contributed by atoms with E-state index in [0.29, 0.717) is 0 Å². The van der Waals surface area contributed by atoms with Crippen LogP contribution in [-0.4, -0.2) is 47.6 Å². The van der Waals surface area contributed by atoms with Crippen LogP contribution in [0.1, 0.15) is 45.4 Å². The van der Waals surface area contributed by atoms with Crippen LogP contribution in [0.2, 0.25) is 0 Å². The normalized spacial score (nSPS) is 14.5. The predicted octanol–water partition coefficient (Wildman–Crippen LogP) is 2.37. The van der Waals surface area contributed by atoms with E-state index < -0.39 is 10.4 Å². The molecule has 0 bridgehead atoms. The summed E-state index contributed by atoms with van der Waals surface area (Å²) in [5, 5.41) is 0. The molecular formula is C12H26N2O4S. The van der Waals surface area contributed by atoms with Crippen molar-refractivity contribution in [3.05, 3.63) is 12.4 Å². The van der Waals surface area contributed by atoms with E-state index in [9.17, 15) is 0 Å². The summed E-state index contributed by atoms with van der Waals surface area (Å²) in [4.78, 5) is 4.61. The van der Waals surface area contributed by atoms with Crippen molar-refractivity contribution in [3.8, 4) is 0 Å². The molecule has 0 aliphatic carbocycles. The van der Waals surface area contributed by atoms with Crippen molar-refractivity contribution in [3.63, 3.8) is 0 Å². The van der Waals surface area contributed by atoms with Crippen LogP contribution in [0.4, 0.5) is 0 Å². The third-order valence-corrected chi connectivity index (χ3v) is 2.74. The van der Waals surface area contributed by atoms with Crippen LogP contribution in [0.15, 0.2) is 12.4 Å². The van der Waals surface area contributed by atoms with Gasteiger partial charge in [0.05, 0.1) is 6.67 Å². The summed E-state index contributed by atoms with van der Waals surface area (Å²) in [6.07, 6.45) is 12.7. The molecular weight excluding hydrogens is 268 g/mol. The maximum Gasteiger partial charge on any atom is 0.394 e. The molecule has 1 aliphatic heterocycles. The van der Waals surface area contributed by atoms with Crippen LogP contribution < -0.4 is 0 Å². The van der Waals surface area contributed by atoms with Gasteiger partial charge in [-0.05, 0) is 6.42 Å². The van der Waals surface area contributed by atoms with E-state index in [1.807, 2.05) is 0 Å². The molecule has 114 valence electrons. The molecule has 0 amide bonds. The van der Waals surface area contributed by atoms with Crippen LogP contribution in [-0.2, 0) is 10.4 Å². The SMILES string of the molecule is CCCCCCCCN1C=CN(C)C1.O=S(=O)(O)O. The highest BCUT2D eigenvalue weighted by Crippen LogP contribution is 2.08. The van der Waals surface area contributed by atoms with Gasteiger partial charge in [0, 0.05) is 26.0 Å². The maximum atomic E-state index is 8.74. The Morgan fingerprint density at radius 3 is 2.05 bits per heavy atom. The fourth-order valence-corrected chi connectivity index (χ4v) is 1.83. The second-order valence-corrected chi connectivity index (χ2v) is 5.62. The van der Waals surface area contributed by atoms with Gasteiger partial charge in [0.25, 0.3) is 0 Å². The van der Waals surface area contributed by atoms with Gasteiger partial charge >= 0.3 is 10.4 Å². The Kier molecular flexibility index (Phi) is 9.63. The Morgan fingerprint density at radius 2 is 1.58 bits per heavy atom. The minimum absolute atomic E-state index is 1.08. The summed E-state index contributed by atoms with van der Waals surface area (Å²) in [6.45, 7) is 4.58. The fourth-order valence-electron chi connectivity index (χ4n) is 1.83. The summed E-state index contributed by atoms with van der Waals surface area (Å²) >= 11 is 0. The van der Waals surface area contributed by atoms with E-state index in [4.69, 9.17) is 17.5 Å². The Hall–Kier alpha value is -0.790. The predicted molar refractivity (Wildman–Crippen MR) is 76.0 cm³/mol. The van der Waals surface area contributed by atoms with Crippen molar-refractivity contribution in [2.75, 3.05) is 20.3 Å². The lowest BCUT2D eigenvalue weighted by Gasteiger charge is -2.17. The van der Waals surface area contributed by atoms with Crippen molar-refractivity contribution in [1.29, 1.82) is 0 Å². The lowest BCUT2D eigenvalue weighted by molar-refractivity contribution is 0.290. The summed E-state index contributed by atoms with van der Waals surface area (Å²) in [5.41, 5.74) is 0. The van der Waals surface area contributed by atoms with E-state index in [2.05, 4.69) is 36.2 Å². The summed E-state index contributed by atoms with van der Waals surface area (Å²) in [7, 11) is -2.54. The van der Waals surface area contributed by atoms with Gasteiger partial charge in [-0.1, -0.05) is 39.0 Å². The van der Waals surface area contributed by atoms with Crippen LogP contribution in [0.5, 0.6) is 0 Å². The van der Waals surface area contributed by atoms with E-state index in [-0.39, 0.29) is 0 Å². The minimum Gasteiger partial charge on any atom is -0.362 e. The van der Waals surface area contributed by atoms with Crippen LogP contribution >= 0.6 is 0 Å². The van der Waals surface area contributed by atoms with E-state index in [1.54, 1.807) is 0 Å². The second-order valence-electron chi connectivity index (χ2n) is 4.72. The van der Waals surface area contributed by atoms with Crippen LogP contribution in [0, 0.1) is 0 Å². The lowest BCUT2D eigenvalue weighted by Crippen LogP contribution is -2.23. The fraction of sp³-hybridized carbons (Fsp3) is 0.833. The van der Waals surface area contributed by atoms with E-state index in [1.165, 1.54) is 45.1 Å². The summed E-state index contributed by atoms with van der Waals surface area (Å²) in [5.74, 6) is 0. The molecule has 0 unspecified atom stereocenters. The zero-order chi connectivity index (χ0) is 14.7. The topological polar surface area (TPSA) is 81.1 Å². The molecule has 7 heteroatoms. The Balaban J connectivity index is 0.000000555. The zero-order valence-electron chi connectivity index (χ0n) is 11.8. The quantitative estimate of drug-likeness (QED) is 0.554. The highest BCUT2D eigenvalue weighted by Gasteiger charge is 2.06. The number of hydrogen-bond donors (Lipinski definition) is 2. The molecule has 1 rings (SSSR count). The van der Waals surface area contributed by atoms with Crippen LogP contribution in [0.3, 0.4) is 0 Å². The van der Waals surface area contributed by atoms with Gasteiger partial charge in [-0.3, -0.25) is 9.11 Å². The number of nitrogens with zero attached hydrogens (tertiary/aromatic N) is 2. The maximum absolute atomic E-state index is 8.74. The average Bonchev–Trinajstić information content (AvgIpc) is 2.67. The Bertz CT molecular complexity index is 336. The molecule has 19 heavy (non-hydrogen) atoms. The smallest absolute Gasteiger partial charge is 0.362 e. The van der Waals surface area contributed by atoms with Crippen molar-refractivity contribution in [2.24, 2.45) is 0 Å². The third-order valence-electron chi connectivity index (χ3n) is 2.74. The van der Waals surface area contributed by atoms with Gasteiger partial charge in [0.1, 0.15) is 0 Å². The number of unbranched alkanes of at least 4 members (excludes halogenated alkanes) is 5. The highest BCUT2D eigenvalue weighted by atomic mass is 32.3. The van der Waals surface area contributed by atoms with Crippen molar-refractivity contribution < 1.29 is 17.5 Å². The van der Waals surface area contributed by atoms with Crippen molar-refractivity contribution in [1.82, 2.24) is 9.80 Å². The number of rotatable bonds is 7. The van der Waals surface area contributed by atoms with Gasteiger partial charge in [-0.25, -0.2) is 0 Å². The molecule has 0 aromatic rings. The lowest BCUT2D eigenvalue weighted by atomic mass is 10.1. The molecule has 0 saturated carbocycles. The molecule has 0 aromatic carbocycles. The van der Waals surface area contributed by atoms with Gasteiger partial charge in [-0.2, -0.15) is 8.42 Å².